The van der Waals surface area contributed by atoms with Crippen LogP contribution in [0.5, 0.6) is 0 Å². The minimum atomic E-state index is -0.255. The Morgan fingerprint density at radius 2 is 1.96 bits per heavy atom. The van der Waals surface area contributed by atoms with Crippen molar-refractivity contribution in [1.82, 2.24) is 15.1 Å². The summed E-state index contributed by atoms with van der Waals surface area (Å²) >= 11 is 0. The first-order valence-electron chi connectivity index (χ1n) is 9.31. The summed E-state index contributed by atoms with van der Waals surface area (Å²) in [6, 6.07) is 4.90. The third kappa shape index (κ3) is 5.04. The van der Waals surface area contributed by atoms with Gasteiger partial charge in [0.25, 0.3) is 0 Å². The molecule has 1 atom stereocenters. The predicted molar refractivity (Wildman–Crippen MR) is 100 cm³/mol. The molecule has 1 aromatic rings. The van der Waals surface area contributed by atoms with Gasteiger partial charge in [-0.1, -0.05) is 19.1 Å². The molecule has 2 amide bonds. The first-order valence-corrected chi connectivity index (χ1v) is 9.31. The van der Waals surface area contributed by atoms with Gasteiger partial charge in [-0.3, -0.25) is 14.5 Å². The molecule has 1 aromatic carbocycles. The smallest absolute Gasteiger partial charge is 0.239 e. The zero-order valence-corrected chi connectivity index (χ0v) is 16.2. The van der Waals surface area contributed by atoms with Gasteiger partial charge in [-0.2, -0.15) is 0 Å². The summed E-state index contributed by atoms with van der Waals surface area (Å²) in [5.41, 5.74) is 1.35. The fraction of sp³-hybridized carbons (Fsp3) is 0.600. The van der Waals surface area contributed by atoms with E-state index in [1.54, 1.807) is 13.0 Å². The van der Waals surface area contributed by atoms with Crippen molar-refractivity contribution in [1.29, 1.82) is 0 Å². The van der Waals surface area contributed by atoms with Crippen LogP contribution in [0.15, 0.2) is 18.2 Å². The largest absolute Gasteiger partial charge is 0.352 e. The number of piperidine rings is 1. The van der Waals surface area contributed by atoms with Crippen LogP contribution in [0.25, 0.3) is 0 Å². The number of rotatable bonds is 6. The van der Waals surface area contributed by atoms with E-state index in [9.17, 15) is 14.0 Å². The van der Waals surface area contributed by atoms with Crippen LogP contribution >= 0.6 is 0 Å². The average molecular weight is 363 g/mol. The number of nitrogens with one attached hydrogen (secondary N) is 1. The molecule has 0 saturated carbocycles. The molecule has 0 bridgehead atoms. The fourth-order valence-corrected chi connectivity index (χ4v) is 3.41. The van der Waals surface area contributed by atoms with E-state index in [1.165, 1.54) is 6.07 Å². The summed E-state index contributed by atoms with van der Waals surface area (Å²) in [6.45, 7) is 5.28. The van der Waals surface area contributed by atoms with Crippen LogP contribution in [-0.2, 0) is 16.1 Å². The topological polar surface area (TPSA) is 52.7 Å². The monoisotopic (exact) mass is 363 g/mol. The molecule has 1 saturated heterocycles. The van der Waals surface area contributed by atoms with Gasteiger partial charge in [0.1, 0.15) is 5.82 Å². The molecule has 0 aromatic heterocycles. The lowest BCUT2D eigenvalue weighted by molar-refractivity contribution is -0.139. The maximum atomic E-state index is 13.6. The zero-order chi connectivity index (χ0) is 19.3. The number of aryl methyl sites for hydroxylation is 1. The van der Waals surface area contributed by atoms with E-state index in [2.05, 4.69) is 5.32 Å². The Kier molecular flexibility index (Phi) is 7.14. The van der Waals surface area contributed by atoms with Crippen molar-refractivity contribution in [2.75, 3.05) is 27.2 Å². The minimum Gasteiger partial charge on any atom is -0.352 e. The number of amides is 2. The van der Waals surface area contributed by atoms with Crippen LogP contribution in [0.3, 0.4) is 0 Å². The molecular formula is C20H30FN3O2. The van der Waals surface area contributed by atoms with E-state index in [0.717, 1.165) is 12.0 Å². The van der Waals surface area contributed by atoms with Gasteiger partial charge in [-0.25, -0.2) is 4.39 Å². The fourth-order valence-electron chi connectivity index (χ4n) is 3.41. The number of hydrogen-bond acceptors (Lipinski definition) is 3. The second-order valence-corrected chi connectivity index (χ2v) is 7.29. The first-order chi connectivity index (χ1) is 12.3. The third-order valence-electron chi connectivity index (χ3n) is 5.18. The summed E-state index contributed by atoms with van der Waals surface area (Å²) in [4.78, 5) is 28.8. The molecular weight excluding hydrogens is 333 g/mol. The number of likely N-dealkylation sites (tertiary alicyclic amines) is 1. The SMILES string of the molecule is CC[C@H](C(=O)N1CCC(C(=O)NCc2ccc(C)c(F)c2)CC1)N(C)C. The van der Waals surface area contributed by atoms with Crippen LogP contribution < -0.4 is 5.32 Å². The molecule has 1 heterocycles. The molecule has 0 radical (unpaired) electrons. The van der Waals surface area contributed by atoms with Crippen molar-refractivity contribution >= 4 is 11.8 Å². The van der Waals surface area contributed by atoms with Gasteiger partial charge in [-0.15, -0.1) is 0 Å². The molecule has 1 aliphatic heterocycles. The average Bonchev–Trinajstić information content (AvgIpc) is 2.62. The molecule has 2 rings (SSSR count). The molecule has 144 valence electrons. The second-order valence-electron chi connectivity index (χ2n) is 7.29. The minimum absolute atomic E-state index is 0.0160. The highest BCUT2D eigenvalue weighted by molar-refractivity contribution is 5.83. The Morgan fingerprint density at radius 3 is 2.50 bits per heavy atom. The van der Waals surface area contributed by atoms with E-state index < -0.39 is 0 Å². The molecule has 26 heavy (non-hydrogen) atoms. The highest BCUT2D eigenvalue weighted by Crippen LogP contribution is 2.19. The normalized spacial score (nSPS) is 16.6. The Labute approximate surface area is 155 Å². The van der Waals surface area contributed by atoms with Crippen LogP contribution in [0, 0.1) is 18.7 Å². The van der Waals surface area contributed by atoms with Gasteiger partial charge in [0.2, 0.25) is 11.8 Å². The predicted octanol–water partition coefficient (Wildman–Crippen LogP) is 2.33. The van der Waals surface area contributed by atoms with Crippen LogP contribution in [-0.4, -0.2) is 54.8 Å². The molecule has 6 heteroatoms. The van der Waals surface area contributed by atoms with E-state index in [1.807, 2.05) is 36.9 Å². The van der Waals surface area contributed by atoms with Crippen LogP contribution in [0.4, 0.5) is 4.39 Å². The number of benzene rings is 1. The number of carbonyl (C=O) groups excluding carboxylic acids is 2. The Bertz CT molecular complexity index is 640. The Hall–Kier alpha value is -1.95. The van der Waals surface area contributed by atoms with Crippen molar-refractivity contribution in [3.05, 3.63) is 35.1 Å². The third-order valence-corrected chi connectivity index (χ3v) is 5.18. The number of nitrogens with zero attached hydrogens (tertiary/aromatic N) is 2. The lowest BCUT2D eigenvalue weighted by Gasteiger charge is -2.35. The zero-order valence-electron chi connectivity index (χ0n) is 16.2. The number of likely N-dealkylation sites (N-methyl/N-ethyl adjacent to an activating group) is 1. The van der Waals surface area contributed by atoms with Crippen molar-refractivity contribution in [2.45, 2.75) is 45.7 Å². The summed E-state index contributed by atoms with van der Waals surface area (Å²) in [7, 11) is 3.83. The first kappa shape index (κ1) is 20.4. The summed E-state index contributed by atoms with van der Waals surface area (Å²) in [6.07, 6.45) is 2.12. The molecule has 0 aliphatic carbocycles. The van der Waals surface area contributed by atoms with Crippen LogP contribution in [0.2, 0.25) is 0 Å². The van der Waals surface area contributed by atoms with E-state index >= 15 is 0 Å². The highest BCUT2D eigenvalue weighted by atomic mass is 19.1. The highest BCUT2D eigenvalue weighted by Gasteiger charge is 2.30. The number of halogens is 1. The molecule has 0 spiro atoms. The molecule has 1 aliphatic rings. The van der Waals surface area contributed by atoms with Crippen molar-refractivity contribution in [2.24, 2.45) is 5.92 Å². The quantitative estimate of drug-likeness (QED) is 0.844. The van der Waals surface area contributed by atoms with Crippen molar-refractivity contribution < 1.29 is 14.0 Å². The van der Waals surface area contributed by atoms with Gasteiger partial charge in [0.05, 0.1) is 6.04 Å². The maximum absolute atomic E-state index is 13.6. The summed E-state index contributed by atoms with van der Waals surface area (Å²) < 4.78 is 13.6. The lowest BCUT2D eigenvalue weighted by atomic mass is 9.95. The molecule has 0 unspecified atom stereocenters. The summed E-state index contributed by atoms with van der Waals surface area (Å²) in [5, 5.41) is 2.89. The Balaban J connectivity index is 1.82. The van der Waals surface area contributed by atoms with Gasteiger partial charge in [0.15, 0.2) is 0 Å². The lowest BCUT2D eigenvalue weighted by Crippen LogP contribution is -2.49. The van der Waals surface area contributed by atoms with Crippen molar-refractivity contribution in [3.63, 3.8) is 0 Å². The van der Waals surface area contributed by atoms with Crippen LogP contribution in [0.1, 0.15) is 37.3 Å². The van der Waals surface area contributed by atoms with E-state index in [4.69, 9.17) is 0 Å². The summed E-state index contributed by atoms with van der Waals surface area (Å²) in [5.74, 6) is -0.215. The second kappa shape index (κ2) is 9.12. The maximum Gasteiger partial charge on any atom is 0.239 e. The van der Waals surface area contributed by atoms with Gasteiger partial charge < -0.3 is 10.2 Å². The number of carbonyl (C=O) groups is 2. The van der Waals surface area contributed by atoms with Gasteiger partial charge in [0, 0.05) is 25.6 Å². The van der Waals surface area contributed by atoms with E-state index in [0.29, 0.717) is 38.0 Å². The number of hydrogen-bond donors (Lipinski definition) is 1. The molecule has 1 N–H and O–H groups in total. The Morgan fingerprint density at radius 1 is 1.31 bits per heavy atom. The van der Waals surface area contributed by atoms with E-state index in [-0.39, 0.29) is 29.6 Å². The molecule has 1 fully saturated rings. The standard InChI is InChI=1S/C20H30FN3O2/c1-5-18(23(3)4)20(26)24-10-8-16(9-11-24)19(25)22-13-15-7-6-14(2)17(21)12-15/h6-7,12,16,18H,5,8-11,13H2,1-4H3,(H,22,25)/t18-/m1/s1. The van der Waals surface area contributed by atoms with Gasteiger partial charge in [-0.05, 0) is 57.5 Å². The van der Waals surface area contributed by atoms with Gasteiger partial charge >= 0.3 is 0 Å². The molecule has 5 nitrogen and oxygen atoms in total. The van der Waals surface area contributed by atoms with Crippen molar-refractivity contribution in [3.8, 4) is 0 Å².